The maximum Gasteiger partial charge on any atom is 0.264 e. The van der Waals surface area contributed by atoms with Gasteiger partial charge in [-0.25, -0.2) is 12.8 Å². The first-order valence-electron chi connectivity index (χ1n) is 9.65. The van der Waals surface area contributed by atoms with Crippen LogP contribution in [0.25, 0.3) is 0 Å². The fraction of sp³-hybridized carbons (Fsp3) is 0.174. The van der Waals surface area contributed by atoms with Crippen LogP contribution in [0.1, 0.15) is 11.1 Å². The van der Waals surface area contributed by atoms with Crippen LogP contribution in [-0.4, -0.2) is 28.0 Å². The highest BCUT2D eigenvalue weighted by atomic mass is 79.9. The number of hydrogen-bond donors (Lipinski definition) is 1. The Morgan fingerprint density at radius 2 is 1.72 bits per heavy atom. The third-order valence-electron chi connectivity index (χ3n) is 4.72. The fourth-order valence-electron chi connectivity index (χ4n) is 2.95. The number of nitrogens with one attached hydrogen (secondary N) is 1. The molecule has 0 spiro atoms. The third kappa shape index (κ3) is 5.66. The molecule has 0 saturated carbocycles. The number of hydrogen-bond acceptors (Lipinski definition) is 4. The number of nitrogens with zero attached hydrogens (tertiary/aromatic N) is 1. The molecule has 168 valence electrons. The Morgan fingerprint density at radius 3 is 2.31 bits per heavy atom. The van der Waals surface area contributed by atoms with Crippen LogP contribution in [0.2, 0.25) is 0 Å². The first-order valence-corrected chi connectivity index (χ1v) is 11.9. The summed E-state index contributed by atoms with van der Waals surface area (Å²) in [6.45, 7) is 1.61. The summed E-state index contributed by atoms with van der Waals surface area (Å²) in [5.41, 5.74) is 2.02. The lowest BCUT2D eigenvalue weighted by Gasteiger charge is -2.24. The van der Waals surface area contributed by atoms with Crippen molar-refractivity contribution in [3.8, 4) is 5.75 Å². The summed E-state index contributed by atoms with van der Waals surface area (Å²) in [4.78, 5) is 12.7. The van der Waals surface area contributed by atoms with E-state index in [9.17, 15) is 17.6 Å². The summed E-state index contributed by atoms with van der Waals surface area (Å²) in [6, 6.07) is 17.0. The van der Waals surface area contributed by atoms with Gasteiger partial charge in [-0.1, -0.05) is 29.8 Å². The van der Waals surface area contributed by atoms with Gasteiger partial charge < -0.3 is 10.1 Å². The van der Waals surface area contributed by atoms with Crippen molar-refractivity contribution in [3.05, 3.63) is 88.1 Å². The SMILES string of the molecule is COc1ccc(S(=O)(=O)N(CC(=O)NCc2ccc(F)cc2)c2ccc(C)cc2)cc1Br. The van der Waals surface area contributed by atoms with Gasteiger partial charge in [-0.05, 0) is 70.9 Å². The Balaban J connectivity index is 1.87. The van der Waals surface area contributed by atoms with Crippen LogP contribution >= 0.6 is 15.9 Å². The normalized spacial score (nSPS) is 11.1. The summed E-state index contributed by atoms with van der Waals surface area (Å²) < 4.78 is 46.7. The van der Waals surface area contributed by atoms with E-state index < -0.39 is 22.5 Å². The van der Waals surface area contributed by atoms with Crippen LogP contribution in [0.5, 0.6) is 5.75 Å². The number of sulfonamides is 1. The monoisotopic (exact) mass is 520 g/mol. The van der Waals surface area contributed by atoms with Crippen molar-refractivity contribution >= 4 is 37.5 Å². The van der Waals surface area contributed by atoms with Crippen molar-refractivity contribution < 1.29 is 22.3 Å². The van der Waals surface area contributed by atoms with E-state index in [1.54, 1.807) is 42.5 Å². The van der Waals surface area contributed by atoms with E-state index in [1.165, 1.54) is 31.4 Å². The fourth-order valence-corrected chi connectivity index (χ4v) is 5.09. The molecule has 1 N–H and O–H groups in total. The molecular formula is C23H22BrFN2O4S. The van der Waals surface area contributed by atoms with Crippen molar-refractivity contribution in [1.29, 1.82) is 0 Å². The zero-order valence-electron chi connectivity index (χ0n) is 17.5. The average molecular weight is 521 g/mol. The van der Waals surface area contributed by atoms with Crippen LogP contribution in [0.15, 0.2) is 76.1 Å². The highest BCUT2D eigenvalue weighted by molar-refractivity contribution is 9.10. The van der Waals surface area contributed by atoms with Gasteiger partial charge in [0.15, 0.2) is 0 Å². The van der Waals surface area contributed by atoms with Gasteiger partial charge in [0.1, 0.15) is 18.1 Å². The minimum atomic E-state index is -4.06. The second-order valence-electron chi connectivity index (χ2n) is 7.05. The molecule has 0 unspecified atom stereocenters. The number of carbonyl (C=O) groups excluding carboxylic acids is 1. The number of ether oxygens (including phenoxy) is 1. The number of halogens is 2. The lowest BCUT2D eigenvalue weighted by Crippen LogP contribution is -2.40. The van der Waals surface area contributed by atoms with E-state index >= 15 is 0 Å². The van der Waals surface area contributed by atoms with Gasteiger partial charge in [0, 0.05) is 6.54 Å². The number of rotatable bonds is 8. The highest BCUT2D eigenvalue weighted by Crippen LogP contribution is 2.30. The summed E-state index contributed by atoms with van der Waals surface area (Å²) in [5.74, 6) is -0.378. The van der Waals surface area contributed by atoms with Gasteiger partial charge in [0.2, 0.25) is 5.91 Å². The molecule has 1 amide bonds. The molecule has 0 fully saturated rings. The molecule has 9 heteroatoms. The van der Waals surface area contributed by atoms with Crippen molar-refractivity contribution in [2.75, 3.05) is 18.0 Å². The summed E-state index contributed by atoms with van der Waals surface area (Å²) in [7, 11) is -2.58. The predicted molar refractivity (Wildman–Crippen MR) is 125 cm³/mol. The molecule has 32 heavy (non-hydrogen) atoms. The molecular weight excluding hydrogens is 499 g/mol. The lowest BCUT2D eigenvalue weighted by molar-refractivity contribution is -0.119. The predicted octanol–water partition coefficient (Wildman–Crippen LogP) is 4.42. The molecule has 0 bridgehead atoms. The van der Waals surface area contributed by atoms with Crippen LogP contribution < -0.4 is 14.4 Å². The molecule has 3 aromatic carbocycles. The van der Waals surface area contributed by atoms with E-state index in [1.807, 2.05) is 6.92 Å². The van der Waals surface area contributed by atoms with E-state index in [0.717, 1.165) is 9.87 Å². The number of carbonyl (C=O) groups is 1. The highest BCUT2D eigenvalue weighted by Gasteiger charge is 2.28. The summed E-state index contributed by atoms with van der Waals surface area (Å²) in [6.07, 6.45) is 0. The second kappa shape index (κ2) is 10.1. The largest absolute Gasteiger partial charge is 0.496 e. The van der Waals surface area contributed by atoms with Gasteiger partial charge >= 0.3 is 0 Å². The molecule has 0 aliphatic heterocycles. The Labute approximate surface area is 195 Å². The van der Waals surface area contributed by atoms with E-state index in [2.05, 4.69) is 21.2 Å². The smallest absolute Gasteiger partial charge is 0.264 e. The molecule has 3 rings (SSSR count). The Morgan fingerprint density at radius 1 is 1.06 bits per heavy atom. The molecule has 0 heterocycles. The number of methoxy groups -OCH3 is 1. The van der Waals surface area contributed by atoms with Crippen LogP contribution in [0.4, 0.5) is 10.1 Å². The second-order valence-corrected chi connectivity index (χ2v) is 9.76. The summed E-state index contributed by atoms with van der Waals surface area (Å²) >= 11 is 3.31. The quantitative estimate of drug-likeness (QED) is 0.477. The van der Waals surface area contributed by atoms with Crippen molar-refractivity contribution in [2.45, 2.75) is 18.4 Å². The number of benzene rings is 3. The van der Waals surface area contributed by atoms with Crippen molar-refractivity contribution in [3.63, 3.8) is 0 Å². The van der Waals surface area contributed by atoms with Gasteiger partial charge in [-0.2, -0.15) is 0 Å². The zero-order valence-corrected chi connectivity index (χ0v) is 19.9. The minimum absolute atomic E-state index is 0.0112. The Hall–Kier alpha value is -2.91. The van der Waals surface area contributed by atoms with Gasteiger partial charge in [-0.3, -0.25) is 9.10 Å². The zero-order chi connectivity index (χ0) is 23.3. The molecule has 0 atom stereocenters. The topological polar surface area (TPSA) is 75.7 Å². The Kier molecular flexibility index (Phi) is 7.52. The van der Waals surface area contributed by atoms with Crippen molar-refractivity contribution in [2.24, 2.45) is 0 Å². The molecule has 0 aliphatic rings. The maximum absolute atomic E-state index is 13.5. The lowest BCUT2D eigenvalue weighted by atomic mass is 10.2. The van der Waals surface area contributed by atoms with E-state index in [0.29, 0.717) is 21.5 Å². The molecule has 0 aromatic heterocycles. The Bertz CT molecular complexity index is 1200. The number of anilines is 1. The van der Waals surface area contributed by atoms with Crippen LogP contribution in [-0.2, 0) is 21.4 Å². The maximum atomic E-state index is 13.5. The summed E-state index contributed by atoms with van der Waals surface area (Å²) in [5, 5.41) is 2.69. The third-order valence-corrected chi connectivity index (χ3v) is 7.11. The van der Waals surface area contributed by atoms with Crippen molar-refractivity contribution in [1.82, 2.24) is 5.32 Å². The van der Waals surface area contributed by atoms with Crippen LogP contribution in [0, 0.1) is 12.7 Å². The van der Waals surface area contributed by atoms with Gasteiger partial charge in [0.05, 0.1) is 22.2 Å². The average Bonchev–Trinajstić information content (AvgIpc) is 2.77. The molecule has 0 radical (unpaired) electrons. The first-order chi connectivity index (χ1) is 15.2. The van der Waals surface area contributed by atoms with Gasteiger partial charge in [-0.15, -0.1) is 0 Å². The molecule has 6 nitrogen and oxygen atoms in total. The van der Waals surface area contributed by atoms with Crippen LogP contribution in [0.3, 0.4) is 0 Å². The standard InChI is InChI=1S/C23H22BrFN2O4S/c1-16-3-9-19(10-4-16)27(15-23(28)26-14-17-5-7-18(25)8-6-17)32(29,30)20-11-12-22(31-2)21(24)13-20/h3-13H,14-15H2,1-2H3,(H,26,28). The molecule has 3 aromatic rings. The number of aryl methyl sites for hydroxylation is 1. The number of amides is 1. The molecule has 0 aliphatic carbocycles. The van der Waals surface area contributed by atoms with Gasteiger partial charge in [0.25, 0.3) is 10.0 Å². The van der Waals surface area contributed by atoms with E-state index in [4.69, 9.17) is 4.74 Å². The first kappa shape index (κ1) is 23.7. The minimum Gasteiger partial charge on any atom is -0.496 e. The van der Waals surface area contributed by atoms with E-state index in [-0.39, 0.29) is 17.3 Å². The molecule has 0 saturated heterocycles.